The Hall–Kier alpha value is -0.0800. The first-order valence-electron chi connectivity index (χ1n) is 5.48. The average Bonchev–Trinajstić information content (AvgIpc) is 2.03. The van der Waals surface area contributed by atoms with Gasteiger partial charge < -0.3 is 10.6 Å². The Kier molecular flexibility index (Phi) is 3.74. The Labute approximate surface area is 82.5 Å². The standard InChI is InChI=1S/C11H24N2/c1-11(2)7-5-4-6-10(11)13(3)9-8-12/h10H,4-9,12H2,1-3H3. The molecule has 0 saturated heterocycles. The highest BCUT2D eigenvalue weighted by molar-refractivity contribution is 4.88. The van der Waals surface area contributed by atoms with Gasteiger partial charge in [0.2, 0.25) is 0 Å². The molecule has 0 bridgehead atoms. The van der Waals surface area contributed by atoms with Crippen molar-refractivity contribution in [1.29, 1.82) is 0 Å². The molecule has 13 heavy (non-hydrogen) atoms. The molecule has 1 atom stereocenters. The zero-order valence-electron chi connectivity index (χ0n) is 9.34. The molecular formula is C11H24N2. The van der Waals surface area contributed by atoms with Crippen LogP contribution in [0.25, 0.3) is 0 Å². The first-order chi connectivity index (χ1) is 6.08. The molecule has 1 saturated carbocycles. The summed E-state index contributed by atoms with van der Waals surface area (Å²) < 4.78 is 0. The van der Waals surface area contributed by atoms with E-state index in [0.29, 0.717) is 5.41 Å². The highest BCUT2D eigenvalue weighted by Gasteiger charge is 2.34. The third-order valence-electron chi connectivity index (χ3n) is 3.46. The first kappa shape index (κ1) is 11.0. The Balaban J connectivity index is 2.54. The lowest BCUT2D eigenvalue weighted by Gasteiger charge is -2.43. The smallest absolute Gasteiger partial charge is 0.0144 e. The molecule has 1 aliphatic rings. The molecule has 0 radical (unpaired) electrons. The van der Waals surface area contributed by atoms with E-state index < -0.39 is 0 Å². The van der Waals surface area contributed by atoms with Gasteiger partial charge in [-0.3, -0.25) is 0 Å². The van der Waals surface area contributed by atoms with Crippen molar-refractivity contribution in [3.05, 3.63) is 0 Å². The largest absolute Gasteiger partial charge is 0.329 e. The van der Waals surface area contributed by atoms with Gasteiger partial charge in [-0.2, -0.15) is 0 Å². The second kappa shape index (κ2) is 4.43. The van der Waals surface area contributed by atoms with Crippen molar-refractivity contribution < 1.29 is 0 Å². The van der Waals surface area contributed by atoms with Crippen LogP contribution in [0.3, 0.4) is 0 Å². The third kappa shape index (κ3) is 2.68. The number of nitrogens with zero attached hydrogens (tertiary/aromatic N) is 1. The normalized spacial score (nSPS) is 27.9. The minimum atomic E-state index is 0.488. The summed E-state index contributed by atoms with van der Waals surface area (Å²) in [5.41, 5.74) is 6.07. The molecule has 1 unspecified atom stereocenters. The molecule has 78 valence electrons. The molecular weight excluding hydrogens is 160 g/mol. The summed E-state index contributed by atoms with van der Waals surface area (Å²) in [6, 6.07) is 0.741. The molecule has 1 aliphatic carbocycles. The molecule has 0 aliphatic heterocycles. The van der Waals surface area contributed by atoms with Crippen molar-refractivity contribution in [3.8, 4) is 0 Å². The third-order valence-corrected chi connectivity index (χ3v) is 3.46. The molecule has 2 nitrogen and oxygen atoms in total. The maximum atomic E-state index is 5.58. The molecule has 1 fully saturated rings. The van der Waals surface area contributed by atoms with E-state index in [-0.39, 0.29) is 0 Å². The number of rotatable bonds is 3. The Morgan fingerprint density at radius 2 is 2.08 bits per heavy atom. The second-order valence-electron chi connectivity index (χ2n) is 5.02. The van der Waals surface area contributed by atoms with Gasteiger partial charge in [0.1, 0.15) is 0 Å². The lowest BCUT2D eigenvalue weighted by atomic mass is 9.72. The van der Waals surface area contributed by atoms with Crippen molar-refractivity contribution in [2.45, 2.75) is 45.6 Å². The first-order valence-corrected chi connectivity index (χ1v) is 5.48. The molecule has 0 amide bonds. The van der Waals surface area contributed by atoms with Crippen LogP contribution in [0.15, 0.2) is 0 Å². The summed E-state index contributed by atoms with van der Waals surface area (Å²) >= 11 is 0. The Morgan fingerprint density at radius 1 is 1.38 bits per heavy atom. The van der Waals surface area contributed by atoms with E-state index in [0.717, 1.165) is 19.1 Å². The van der Waals surface area contributed by atoms with Gasteiger partial charge in [0.25, 0.3) is 0 Å². The topological polar surface area (TPSA) is 29.3 Å². The quantitative estimate of drug-likeness (QED) is 0.725. The van der Waals surface area contributed by atoms with Crippen molar-refractivity contribution in [2.75, 3.05) is 20.1 Å². The fourth-order valence-corrected chi connectivity index (χ4v) is 2.65. The van der Waals surface area contributed by atoms with E-state index in [2.05, 4.69) is 25.8 Å². The van der Waals surface area contributed by atoms with Crippen molar-refractivity contribution in [3.63, 3.8) is 0 Å². The fourth-order valence-electron chi connectivity index (χ4n) is 2.65. The monoisotopic (exact) mass is 184 g/mol. The maximum Gasteiger partial charge on any atom is 0.0144 e. The lowest BCUT2D eigenvalue weighted by Crippen LogP contribution is -2.46. The van der Waals surface area contributed by atoms with Crippen LogP contribution in [0.1, 0.15) is 39.5 Å². The number of nitrogens with two attached hydrogens (primary N) is 1. The number of hydrogen-bond donors (Lipinski definition) is 1. The van der Waals surface area contributed by atoms with Crippen LogP contribution in [0, 0.1) is 5.41 Å². The summed E-state index contributed by atoms with van der Waals surface area (Å²) in [5, 5.41) is 0. The predicted octanol–water partition coefficient (Wildman–Crippen LogP) is 1.85. The zero-order chi connectivity index (χ0) is 9.90. The highest BCUT2D eigenvalue weighted by atomic mass is 15.1. The average molecular weight is 184 g/mol. The predicted molar refractivity (Wildman–Crippen MR) is 57.7 cm³/mol. The van der Waals surface area contributed by atoms with Crippen molar-refractivity contribution >= 4 is 0 Å². The van der Waals surface area contributed by atoms with Crippen LogP contribution in [0.5, 0.6) is 0 Å². The summed E-state index contributed by atoms with van der Waals surface area (Å²) in [6.07, 6.45) is 5.51. The van der Waals surface area contributed by atoms with Crippen LogP contribution in [-0.2, 0) is 0 Å². The van der Waals surface area contributed by atoms with Crippen LogP contribution in [-0.4, -0.2) is 31.1 Å². The molecule has 0 aromatic heterocycles. The van der Waals surface area contributed by atoms with Crippen LogP contribution in [0.4, 0.5) is 0 Å². The summed E-state index contributed by atoms with van der Waals surface area (Å²) in [7, 11) is 2.21. The Bertz CT molecular complexity index is 154. The molecule has 0 spiro atoms. The van der Waals surface area contributed by atoms with Gasteiger partial charge in [-0.05, 0) is 25.3 Å². The minimum Gasteiger partial charge on any atom is -0.329 e. The van der Waals surface area contributed by atoms with Crippen LogP contribution in [0.2, 0.25) is 0 Å². The molecule has 2 N–H and O–H groups in total. The van der Waals surface area contributed by atoms with Crippen LogP contribution < -0.4 is 5.73 Å². The van der Waals surface area contributed by atoms with Crippen molar-refractivity contribution in [1.82, 2.24) is 4.90 Å². The van der Waals surface area contributed by atoms with Gasteiger partial charge in [0.05, 0.1) is 0 Å². The van der Waals surface area contributed by atoms with Gasteiger partial charge in [-0.1, -0.05) is 26.7 Å². The van der Waals surface area contributed by atoms with E-state index >= 15 is 0 Å². The van der Waals surface area contributed by atoms with E-state index in [1.54, 1.807) is 0 Å². The van der Waals surface area contributed by atoms with Gasteiger partial charge in [-0.25, -0.2) is 0 Å². The molecule has 1 rings (SSSR count). The summed E-state index contributed by atoms with van der Waals surface area (Å²) in [4.78, 5) is 2.44. The van der Waals surface area contributed by atoms with E-state index in [9.17, 15) is 0 Å². The van der Waals surface area contributed by atoms with Crippen LogP contribution >= 0.6 is 0 Å². The summed E-state index contributed by atoms with van der Waals surface area (Å²) in [6.45, 7) is 6.60. The Morgan fingerprint density at radius 3 is 2.62 bits per heavy atom. The van der Waals surface area contributed by atoms with Gasteiger partial charge in [-0.15, -0.1) is 0 Å². The number of likely N-dealkylation sites (N-methyl/N-ethyl adjacent to an activating group) is 1. The fraction of sp³-hybridized carbons (Fsp3) is 1.00. The zero-order valence-corrected chi connectivity index (χ0v) is 9.34. The SMILES string of the molecule is CN(CCN)C1CCCCC1(C)C. The maximum absolute atomic E-state index is 5.58. The van der Waals surface area contributed by atoms with Gasteiger partial charge in [0, 0.05) is 19.1 Å². The lowest BCUT2D eigenvalue weighted by molar-refractivity contribution is 0.0702. The summed E-state index contributed by atoms with van der Waals surface area (Å²) in [5.74, 6) is 0. The molecule has 0 aromatic carbocycles. The second-order valence-corrected chi connectivity index (χ2v) is 5.02. The van der Waals surface area contributed by atoms with E-state index in [1.165, 1.54) is 25.7 Å². The van der Waals surface area contributed by atoms with Crippen molar-refractivity contribution in [2.24, 2.45) is 11.1 Å². The molecule has 0 aromatic rings. The van der Waals surface area contributed by atoms with Gasteiger partial charge in [0.15, 0.2) is 0 Å². The number of hydrogen-bond acceptors (Lipinski definition) is 2. The molecule has 2 heteroatoms. The molecule has 0 heterocycles. The highest BCUT2D eigenvalue weighted by Crippen LogP contribution is 2.37. The van der Waals surface area contributed by atoms with E-state index in [4.69, 9.17) is 5.73 Å². The minimum absolute atomic E-state index is 0.488. The van der Waals surface area contributed by atoms with Gasteiger partial charge >= 0.3 is 0 Å². The van der Waals surface area contributed by atoms with E-state index in [1.807, 2.05) is 0 Å².